The number of rotatable bonds is 0. The van der Waals surface area contributed by atoms with Crippen LogP contribution in [0, 0.1) is 19.8 Å². The van der Waals surface area contributed by atoms with Gasteiger partial charge in [-0.05, 0) is 49.1 Å². The Bertz CT molecular complexity index is 358. The van der Waals surface area contributed by atoms with E-state index in [1.54, 1.807) is 16.0 Å². The fraction of sp³-hybridized carbons (Fsp3) is 0.692. The summed E-state index contributed by atoms with van der Waals surface area (Å²) in [6.07, 6.45) is 2.67. The van der Waals surface area contributed by atoms with Gasteiger partial charge in [-0.1, -0.05) is 20.8 Å². The topological polar surface area (TPSA) is 0 Å². The van der Waals surface area contributed by atoms with E-state index in [-0.39, 0.29) is 0 Å². The van der Waals surface area contributed by atoms with Gasteiger partial charge in [0.05, 0.1) is 0 Å². The molecule has 14 heavy (non-hydrogen) atoms. The second-order valence-electron chi connectivity index (χ2n) is 5.24. The lowest BCUT2D eigenvalue weighted by Crippen LogP contribution is -2.31. The molecule has 1 aromatic rings. The SMILES string of the molecule is Cc1sc2c(c1C)C(C)(C)C(C)CC2. The molecule has 0 nitrogen and oxygen atoms in total. The highest BCUT2D eigenvalue weighted by Crippen LogP contribution is 2.46. The smallest absolute Gasteiger partial charge is 0.00884 e. The van der Waals surface area contributed by atoms with Crippen LogP contribution in [0.2, 0.25) is 0 Å². The number of fused-ring (bicyclic) bond motifs is 1. The number of thiophene rings is 1. The summed E-state index contributed by atoms with van der Waals surface area (Å²) in [5.74, 6) is 0.822. The fourth-order valence-electron chi connectivity index (χ4n) is 2.67. The van der Waals surface area contributed by atoms with Gasteiger partial charge in [0.25, 0.3) is 0 Å². The van der Waals surface area contributed by atoms with E-state index < -0.39 is 0 Å². The van der Waals surface area contributed by atoms with Crippen molar-refractivity contribution in [1.29, 1.82) is 0 Å². The van der Waals surface area contributed by atoms with Crippen molar-refractivity contribution in [2.45, 2.75) is 52.9 Å². The zero-order valence-corrected chi connectivity index (χ0v) is 10.7. The Hall–Kier alpha value is -0.300. The van der Waals surface area contributed by atoms with Crippen molar-refractivity contribution >= 4 is 11.3 Å². The van der Waals surface area contributed by atoms with E-state index in [4.69, 9.17) is 0 Å². The third-order valence-electron chi connectivity index (χ3n) is 4.14. The van der Waals surface area contributed by atoms with Gasteiger partial charge in [-0.2, -0.15) is 0 Å². The van der Waals surface area contributed by atoms with Gasteiger partial charge in [0, 0.05) is 9.75 Å². The highest BCUT2D eigenvalue weighted by Gasteiger charge is 2.36. The fourth-order valence-corrected chi connectivity index (χ4v) is 4.03. The first-order valence-electron chi connectivity index (χ1n) is 5.54. The third kappa shape index (κ3) is 1.25. The van der Waals surface area contributed by atoms with E-state index in [9.17, 15) is 0 Å². The predicted octanol–water partition coefficient (Wildman–Crippen LogP) is 4.22. The van der Waals surface area contributed by atoms with Crippen molar-refractivity contribution < 1.29 is 0 Å². The van der Waals surface area contributed by atoms with E-state index >= 15 is 0 Å². The molecule has 0 amide bonds. The molecule has 0 saturated carbocycles. The lowest BCUT2D eigenvalue weighted by atomic mass is 9.67. The molecule has 0 spiro atoms. The average molecular weight is 208 g/mol. The first kappa shape index (κ1) is 10.2. The zero-order valence-electron chi connectivity index (χ0n) is 9.90. The molecule has 0 radical (unpaired) electrons. The molecule has 78 valence electrons. The van der Waals surface area contributed by atoms with Crippen LogP contribution in [0.1, 0.15) is 48.1 Å². The Morgan fingerprint density at radius 1 is 1.29 bits per heavy atom. The molecule has 1 heteroatoms. The molecule has 1 aliphatic rings. The Labute approximate surface area is 91.4 Å². The third-order valence-corrected chi connectivity index (χ3v) is 5.41. The standard InChI is InChI=1S/C13H20S/c1-8-6-7-11-12(13(8,4)5)9(2)10(3)14-11/h8H,6-7H2,1-5H3. The van der Waals surface area contributed by atoms with Crippen LogP contribution in [-0.2, 0) is 11.8 Å². The largest absolute Gasteiger partial charge is 0.145 e. The predicted molar refractivity (Wildman–Crippen MR) is 64.3 cm³/mol. The summed E-state index contributed by atoms with van der Waals surface area (Å²) in [7, 11) is 0. The van der Waals surface area contributed by atoms with Gasteiger partial charge in [-0.25, -0.2) is 0 Å². The van der Waals surface area contributed by atoms with Crippen molar-refractivity contribution in [2.75, 3.05) is 0 Å². The minimum absolute atomic E-state index is 0.391. The molecule has 0 aliphatic heterocycles. The van der Waals surface area contributed by atoms with Gasteiger partial charge in [0.2, 0.25) is 0 Å². The normalized spacial score (nSPS) is 24.8. The maximum Gasteiger partial charge on any atom is 0.00884 e. The van der Waals surface area contributed by atoms with Crippen LogP contribution in [0.25, 0.3) is 0 Å². The Morgan fingerprint density at radius 3 is 2.57 bits per heavy atom. The van der Waals surface area contributed by atoms with Crippen LogP contribution in [0.15, 0.2) is 0 Å². The van der Waals surface area contributed by atoms with Gasteiger partial charge < -0.3 is 0 Å². The molecule has 1 heterocycles. The first-order valence-corrected chi connectivity index (χ1v) is 6.35. The molecule has 1 aliphatic carbocycles. The first-order chi connectivity index (χ1) is 6.44. The van der Waals surface area contributed by atoms with Crippen LogP contribution in [0.4, 0.5) is 0 Å². The molecular weight excluding hydrogens is 188 g/mol. The number of hydrogen-bond acceptors (Lipinski definition) is 1. The van der Waals surface area contributed by atoms with Crippen molar-refractivity contribution in [3.05, 3.63) is 20.9 Å². The molecule has 0 fully saturated rings. The molecule has 1 atom stereocenters. The minimum atomic E-state index is 0.391. The monoisotopic (exact) mass is 208 g/mol. The highest BCUT2D eigenvalue weighted by atomic mass is 32.1. The molecule has 0 aromatic carbocycles. The maximum atomic E-state index is 2.41. The Morgan fingerprint density at radius 2 is 1.93 bits per heavy atom. The summed E-state index contributed by atoms with van der Waals surface area (Å²) in [5.41, 5.74) is 3.61. The molecule has 1 unspecified atom stereocenters. The van der Waals surface area contributed by atoms with Crippen LogP contribution < -0.4 is 0 Å². The highest BCUT2D eigenvalue weighted by molar-refractivity contribution is 7.12. The summed E-state index contributed by atoms with van der Waals surface area (Å²) < 4.78 is 0. The van der Waals surface area contributed by atoms with E-state index in [2.05, 4.69) is 34.6 Å². The quantitative estimate of drug-likeness (QED) is 0.598. The molecular formula is C13H20S. The summed E-state index contributed by atoms with van der Waals surface area (Å²) in [6.45, 7) is 11.8. The van der Waals surface area contributed by atoms with Crippen molar-refractivity contribution in [3.8, 4) is 0 Å². The summed E-state index contributed by atoms with van der Waals surface area (Å²) >= 11 is 2.02. The van der Waals surface area contributed by atoms with Crippen LogP contribution in [0.5, 0.6) is 0 Å². The summed E-state index contributed by atoms with van der Waals surface area (Å²) in [5, 5.41) is 0. The number of hydrogen-bond donors (Lipinski definition) is 0. The van der Waals surface area contributed by atoms with Crippen LogP contribution >= 0.6 is 11.3 Å². The molecule has 0 saturated heterocycles. The van der Waals surface area contributed by atoms with Gasteiger partial charge in [0.15, 0.2) is 0 Å². The van der Waals surface area contributed by atoms with Gasteiger partial charge >= 0.3 is 0 Å². The molecule has 0 N–H and O–H groups in total. The Balaban J connectivity index is 2.61. The van der Waals surface area contributed by atoms with E-state index in [0.717, 1.165) is 5.92 Å². The van der Waals surface area contributed by atoms with Crippen LogP contribution in [0.3, 0.4) is 0 Å². The van der Waals surface area contributed by atoms with E-state index in [0.29, 0.717) is 5.41 Å². The van der Waals surface area contributed by atoms with Crippen molar-refractivity contribution in [1.82, 2.24) is 0 Å². The van der Waals surface area contributed by atoms with Crippen LogP contribution in [-0.4, -0.2) is 0 Å². The maximum absolute atomic E-state index is 2.41. The molecule has 1 aromatic heterocycles. The molecule has 0 bridgehead atoms. The lowest BCUT2D eigenvalue weighted by molar-refractivity contribution is 0.304. The van der Waals surface area contributed by atoms with Crippen molar-refractivity contribution in [3.63, 3.8) is 0 Å². The lowest BCUT2D eigenvalue weighted by Gasteiger charge is -2.37. The minimum Gasteiger partial charge on any atom is -0.145 e. The van der Waals surface area contributed by atoms with E-state index in [1.165, 1.54) is 17.7 Å². The van der Waals surface area contributed by atoms with Gasteiger partial charge in [0.1, 0.15) is 0 Å². The number of aryl methyl sites for hydroxylation is 2. The second-order valence-corrected chi connectivity index (χ2v) is 6.55. The Kier molecular flexibility index (Phi) is 2.26. The second kappa shape index (κ2) is 3.10. The summed E-state index contributed by atoms with van der Waals surface area (Å²) in [4.78, 5) is 3.18. The zero-order chi connectivity index (χ0) is 10.5. The van der Waals surface area contributed by atoms with Gasteiger partial charge in [-0.3, -0.25) is 0 Å². The average Bonchev–Trinajstić information content (AvgIpc) is 2.38. The molecule has 2 rings (SSSR count). The summed E-state index contributed by atoms with van der Waals surface area (Å²) in [6, 6.07) is 0. The van der Waals surface area contributed by atoms with E-state index in [1.807, 2.05) is 11.3 Å². The van der Waals surface area contributed by atoms with Gasteiger partial charge in [-0.15, -0.1) is 11.3 Å². The van der Waals surface area contributed by atoms with Crippen molar-refractivity contribution in [2.24, 2.45) is 5.92 Å².